The lowest BCUT2D eigenvalue weighted by atomic mass is 10.3. The molecule has 0 spiro atoms. The topological polar surface area (TPSA) is 148 Å². The van der Waals surface area contributed by atoms with Crippen LogP contribution in [0.2, 0.25) is 0 Å². The molecule has 0 saturated heterocycles. The molecule has 0 saturated carbocycles. The monoisotopic (exact) mass is 273 g/mol. The van der Waals surface area contributed by atoms with Crippen molar-refractivity contribution in [3.8, 4) is 0 Å². The molecule has 9 nitrogen and oxygen atoms in total. The Balaban J connectivity index is 4.01. The number of aliphatic carboxylic acids is 1. The number of hydrogen-bond donors (Lipinski definition) is 4. The maximum absolute atomic E-state index is 11.2. The van der Waals surface area contributed by atoms with E-state index in [1.54, 1.807) is 0 Å². The van der Waals surface area contributed by atoms with Crippen LogP contribution >= 0.6 is 0 Å². The predicted molar refractivity (Wildman–Crippen MR) is 62.8 cm³/mol. The smallest absolute Gasteiger partial charge is 0.330 e. The molecule has 0 rings (SSSR count). The Morgan fingerprint density at radius 2 is 1.89 bits per heavy atom. The number of nitrogens with two attached hydrogens (primary N) is 1. The summed E-state index contributed by atoms with van der Waals surface area (Å²) in [6.45, 7) is -0.751. The molecule has 0 unspecified atom stereocenters. The number of hydrogen-bond acceptors (Lipinski definition) is 6. The van der Waals surface area contributed by atoms with Gasteiger partial charge in [-0.3, -0.25) is 14.4 Å². The highest BCUT2D eigenvalue weighted by molar-refractivity contribution is 5.95. The third-order valence-electron chi connectivity index (χ3n) is 1.82. The van der Waals surface area contributed by atoms with Crippen LogP contribution in [0.3, 0.4) is 0 Å². The minimum Gasteiger partial charge on any atom is -0.480 e. The highest BCUT2D eigenvalue weighted by atomic mass is 16.5. The Bertz CT molecular complexity index is 393. The molecule has 19 heavy (non-hydrogen) atoms. The van der Waals surface area contributed by atoms with Crippen LogP contribution in [0.25, 0.3) is 0 Å². The number of carboxylic acid groups (broad SMARTS) is 1. The Hall–Kier alpha value is -2.42. The van der Waals surface area contributed by atoms with Crippen molar-refractivity contribution in [2.24, 2.45) is 5.73 Å². The fourth-order valence-electron chi connectivity index (χ4n) is 0.868. The van der Waals surface area contributed by atoms with Gasteiger partial charge >= 0.3 is 11.9 Å². The maximum atomic E-state index is 11.2. The van der Waals surface area contributed by atoms with Gasteiger partial charge in [0.15, 0.2) is 0 Å². The van der Waals surface area contributed by atoms with Crippen LogP contribution in [0.1, 0.15) is 0 Å². The fourth-order valence-corrected chi connectivity index (χ4v) is 0.868. The number of esters is 1. The summed E-state index contributed by atoms with van der Waals surface area (Å²) in [6, 6.07) is -1.09. The van der Waals surface area contributed by atoms with E-state index in [0.717, 1.165) is 19.3 Å². The first-order valence-electron chi connectivity index (χ1n) is 5.15. The molecule has 5 N–H and O–H groups in total. The number of methoxy groups -OCH3 is 1. The second kappa shape index (κ2) is 8.64. The molecule has 0 fully saturated rings. The average Bonchev–Trinajstić information content (AvgIpc) is 2.38. The van der Waals surface area contributed by atoms with Crippen molar-refractivity contribution in [2.45, 2.75) is 6.04 Å². The van der Waals surface area contributed by atoms with Gasteiger partial charge in [0.2, 0.25) is 11.8 Å². The van der Waals surface area contributed by atoms with Crippen molar-refractivity contribution >= 4 is 23.8 Å². The van der Waals surface area contributed by atoms with Crippen molar-refractivity contribution in [3.05, 3.63) is 12.2 Å². The first-order valence-corrected chi connectivity index (χ1v) is 5.15. The van der Waals surface area contributed by atoms with E-state index in [1.165, 1.54) is 0 Å². The van der Waals surface area contributed by atoms with Crippen LogP contribution in [0.15, 0.2) is 12.2 Å². The van der Waals surface area contributed by atoms with E-state index < -0.39 is 36.3 Å². The van der Waals surface area contributed by atoms with Crippen LogP contribution < -0.4 is 16.4 Å². The van der Waals surface area contributed by atoms with Crippen molar-refractivity contribution in [2.75, 3.05) is 20.2 Å². The van der Waals surface area contributed by atoms with E-state index in [2.05, 4.69) is 15.4 Å². The molecular weight excluding hydrogens is 258 g/mol. The van der Waals surface area contributed by atoms with Crippen LogP contribution in [0, 0.1) is 0 Å². The van der Waals surface area contributed by atoms with E-state index in [4.69, 9.17) is 10.8 Å². The van der Waals surface area contributed by atoms with Gasteiger partial charge in [0.1, 0.15) is 12.6 Å². The Kier molecular flexibility index (Phi) is 7.54. The molecule has 106 valence electrons. The van der Waals surface area contributed by atoms with Crippen LogP contribution in [0.4, 0.5) is 0 Å². The van der Waals surface area contributed by atoms with Crippen LogP contribution in [0.5, 0.6) is 0 Å². The molecule has 0 aliphatic heterocycles. The summed E-state index contributed by atoms with van der Waals surface area (Å²) in [7, 11) is 1.16. The summed E-state index contributed by atoms with van der Waals surface area (Å²) < 4.78 is 4.27. The highest BCUT2D eigenvalue weighted by Gasteiger charge is 2.14. The van der Waals surface area contributed by atoms with Crippen molar-refractivity contribution < 1.29 is 29.0 Å². The van der Waals surface area contributed by atoms with Crippen molar-refractivity contribution in [1.82, 2.24) is 10.6 Å². The van der Waals surface area contributed by atoms with Gasteiger partial charge in [-0.05, 0) is 0 Å². The number of carbonyl (C=O) groups is 4. The largest absolute Gasteiger partial charge is 0.480 e. The molecule has 0 heterocycles. The normalized spacial score (nSPS) is 11.7. The molecule has 2 amide bonds. The van der Waals surface area contributed by atoms with E-state index in [1.807, 2.05) is 0 Å². The molecular formula is C10H15N3O6. The lowest BCUT2D eigenvalue weighted by molar-refractivity contribution is -0.138. The Morgan fingerprint density at radius 1 is 1.26 bits per heavy atom. The van der Waals surface area contributed by atoms with Crippen LogP contribution in [-0.4, -0.2) is 55.1 Å². The zero-order valence-electron chi connectivity index (χ0n) is 10.2. The summed E-state index contributed by atoms with van der Waals surface area (Å²) >= 11 is 0. The van der Waals surface area contributed by atoms with Crippen molar-refractivity contribution in [1.29, 1.82) is 0 Å². The first kappa shape index (κ1) is 16.6. The van der Waals surface area contributed by atoms with E-state index in [0.29, 0.717) is 0 Å². The second-order valence-electron chi connectivity index (χ2n) is 3.32. The second-order valence-corrected chi connectivity index (χ2v) is 3.32. The molecule has 0 bridgehead atoms. The number of amides is 2. The van der Waals surface area contributed by atoms with E-state index in [-0.39, 0.29) is 6.54 Å². The zero-order valence-corrected chi connectivity index (χ0v) is 10.2. The van der Waals surface area contributed by atoms with Crippen LogP contribution in [-0.2, 0) is 23.9 Å². The van der Waals surface area contributed by atoms with E-state index >= 15 is 0 Å². The first-order chi connectivity index (χ1) is 8.86. The zero-order chi connectivity index (χ0) is 14.8. The lowest BCUT2D eigenvalue weighted by Gasteiger charge is -2.11. The van der Waals surface area contributed by atoms with Crippen molar-refractivity contribution in [3.63, 3.8) is 0 Å². The van der Waals surface area contributed by atoms with Gasteiger partial charge < -0.3 is 26.2 Å². The molecule has 1 atom stereocenters. The highest BCUT2D eigenvalue weighted by Crippen LogP contribution is 1.81. The number of ether oxygens (including phenoxy) is 1. The summed E-state index contributed by atoms with van der Waals surface area (Å²) in [4.78, 5) is 43.3. The molecule has 0 aromatic heterocycles. The number of carbonyl (C=O) groups excluding carboxylic acids is 3. The van der Waals surface area contributed by atoms with Gasteiger partial charge in [-0.2, -0.15) is 0 Å². The molecule has 0 aromatic carbocycles. The van der Waals surface area contributed by atoms with Gasteiger partial charge in [0, 0.05) is 18.7 Å². The van der Waals surface area contributed by atoms with Gasteiger partial charge in [0.05, 0.1) is 7.11 Å². The minimum absolute atomic E-state index is 0.199. The fraction of sp³-hybridized carbons (Fsp3) is 0.400. The average molecular weight is 273 g/mol. The third-order valence-corrected chi connectivity index (χ3v) is 1.82. The van der Waals surface area contributed by atoms with Gasteiger partial charge in [-0.25, -0.2) is 4.79 Å². The lowest BCUT2D eigenvalue weighted by Crippen LogP contribution is -2.48. The predicted octanol–water partition coefficient (Wildman–Crippen LogP) is -2.64. The minimum atomic E-state index is -1.20. The van der Waals surface area contributed by atoms with Gasteiger partial charge in [0.25, 0.3) is 0 Å². The van der Waals surface area contributed by atoms with Gasteiger partial charge in [-0.15, -0.1) is 0 Å². The summed E-state index contributed by atoms with van der Waals surface area (Å²) in [5, 5.41) is 12.7. The molecule has 0 aliphatic rings. The molecule has 0 aliphatic carbocycles. The third kappa shape index (κ3) is 8.32. The Labute approximate surface area is 108 Å². The summed E-state index contributed by atoms with van der Waals surface area (Å²) in [5.74, 6) is -3.24. The molecule has 9 heteroatoms. The molecule has 0 radical (unpaired) electrons. The number of carboxylic acids is 1. The summed E-state index contributed by atoms with van der Waals surface area (Å²) in [6.07, 6.45) is 1.83. The quantitative estimate of drug-likeness (QED) is 0.292. The molecule has 0 aromatic rings. The number of rotatable bonds is 7. The Morgan fingerprint density at radius 3 is 2.42 bits per heavy atom. The van der Waals surface area contributed by atoms with Gasteiger partial charge in [-0.1, -0.05) is 0 Å². The maximum Gasteiger partial charge on any atom is 0.330 e. The summed E-state index contributed by atoms with van der Waals surface area (Å²) in [5.41, 5.74) is 5.40. The number of nitrogens with one attached hydrogen (secondary N) is 2. The standard InChI is InChI=1S/C10H15N3O6/c1-19-9(17)3-2-7(14)12-4-6(11)10(18)13-5-8(15)16/h2-3,6H,4-5,11H2,1H3,(H,12,14)(H,13,18)(H,15,16)/b3-2+/t6-/m1/s1. The SMILES string of the molecule is COC(=O)/C=C/C(=O)NC[C@@H](N)C(=O)NCC(=O)O. The van der Waals surface area contributed by atoms with E-state index in [9.17, 15) is 19.2 Å².